The van der Waals surface area contributed by atoms with Gasteiger partial charge in [0, 0.05) is 0 Å². The van der Waals surface area contributed by atoms with E-state index in [0.717, 1.165) is 0 Å². The Labute approximate surface area is 199 Å². The average Bonchev–Trinajstić information content (AvgIpc) is 3.42. The average molecular weight is 498 g/mol. The number of fused-ring (bicyclic) bond motifs is 2. The zero-order valence-corrected chi connectivity index (χ0v) is 20.2. The maximum absolute atomic E-state index is 10.2. The molecular weight excluding hydrogens is 474 g/mol. The summed E-state index contributed by atoms with van der Waals surface area (Å²) in [6, 6.07) is 24.9. The van der Waals surface area contributed by atoms with E-state index in [-0.39, 0.29) is 27.5 Å². The standard InChI is InChI=1S/C18H18S2.C7H5NO4S/c1-3-7-17-15(5-1)9-11-19(17)13-14-20-12-10-16-6-2-4-8-18(16)20;8-5-6-1-3-7(4-2-6)12-13(9,10)11/h1-12,19-20H,13-14H2;1-4H,(H,9,10,11). The van der Waals surface area contributed by atoms with Crippen LogP contribution in [0.5, 0.6) is 5.75 Å². The van der Waals surface area contributed by atoms with Crippen molar-refractivity contribution in [3.05, 3.63) is 100 Å². The highest BCUT2D eigenvalue weighted by atomic mass is 32.3. The van der Waals surface area contributed by atoms with Crippen molar-refractivity contribution in [2.24, 2.45) is 0 Å². The Bertz CT molecular complexity index is 1280. The Morgan fingerprint density at radius 2 is 1.27 bits per heavy atom. The van der Waals surface area contributed by atoms with Gasteiger partial charge in [0.2, 0.25) is 0 Å². The highest BCUT2D eigenvalue weighted by Gasteiger charge is 2.17. The van der Waals surface area contributed by atoms with Gasteiger partial charge >= 0.3 is 10.4 Å². The van der Waals surface area contributed by atoms with Crippen LogP contribution in [0.2, 0.25) is 0 Å². The predicted octanol–water partition coefficient (Wildman–Crippen LogP) is 5.82. The predicted molar refractivity (Wildman–Crippen MR) is 139 cm³/mol. The molecule has 2 aliphatic heterocycles. The van der Waals surface area contributed by atoms with Crippen LogP contribution in [0.3, 0.4) is 0 Å². The molecule has 5 nitrogen and oxygen atoms in total. The third-order valence-electron chi connectivity index (χ3n) is 5.13. The van der Waals surface area contributed by atoms with Crippen LogP contribution in [-0.4, -0.2) is 24.5 Å². The molecule has 3 aromatic rings. The summed E-state index contributed by atoms with van der Waals surface area (Å²) in [6.45, 7) is 0. The lowest BCUT2D eigenvalue weighted by Crippen LogP contribution is -2.06. The van der Waals surface area contributed by atoms with E-state index in [9.17, 15) is 8.42 Å². The Kier molecular flexibility index (Phi) is 7.26. The largest absolute Gasteiger partial charge is 0.446 e. The van der Waals surface area contributed by atoms with Crippen molar-refractivity contribution in [3.8, 4) is 11.8 Å². The van der Waals surface area contributed by atoms with Gasteiger partial charge in [-0.25, -0.2) is 21.8 Å². The maximum atomic E-state index is 10.2. The summed E-state index contributed by atoms with van der Waals surface area (Å²) in [5, 5.41) is 13.3. The third kappa shape index (κ3) is 6.09. The fourth-order valence-electron chi connectivity index (χ4n) is 3.59. The van der Waals surface area contributed by atoms with E-state index in [2.05, 4.69) is 75.7 Å². The van der Waals surface area contributed by atoms with Crippen molar-refractivity contribution in [2.45, 2.75) is 9.79 Å². The summed E-state index contributed by atoms with van der Waals surface area (Å²) in [5.41, 5.74) is 3.25. The molecule has 0 spiro atoms. The number of hydrogen-bond acceptors (Lipinski definition) is 4. The molecule has 1 N–H and O–H groups in total. The highest BCUT2D eigenvalue weighted by molar-refractivity contribution is 8.23. The van der Waals surface area contributed by atoms with Gasteiger partial charge in [0.25, 0.3) is 0 Å². The topological polar surface area (TPSA) is 87.4 Å². The van der Waals surface area contributed by atoms with Gasteiger partial charge in [-0.05, 0) is 91.8 Å². The second-order valence-corrected chi connectivity index (χ2v) is 12.6. The fourth-order valence-corrected chi connectivity index (χ4v) is 8.97. The van der Waals surface area contributed by atoms with Gasteiger partial charge in [0.05, 0.1) is 11.6 Å². The van der Waals surface area contributed by atoms with Crippen LogP contribution in [0.25, 0.3) is 12.2 Å². The van der Waals surface area contributed by atoms with Crippen molar-refractivity contribution in [3.63, 3.8) is 0 Å². The first-order valence-electron chi connectivity index (χ1n) is 10.2. The first-order chi connectivity index (χ1) is 15.9. The van der Waals surface area contributed by atoms with Crippen LogP contribution in [0.15, 0.2) is 93.4 Å². The lowest BCUT2D eigenvalue weighted by molar-refractivity contribution is 0.387. The number of thiol groups is 2. The summed E-state index contributed by atoms with van der Waals surface area (Å²) < 4.78 is 32.8. The van der Waals surface area contributed by atoms with Crippen LogP contribution in [0.4, 0.5) is 0 Å². The minimum atomic E-state index is -4.48. The summed E-state index contributed by atoms with van der Waals surface area (Å²) >= 11 is 0. The first kappa shape index (κ1) is 23.2. The molecule has 2 atom stereocenters. The molecule has 0 saturated heterocycles. The van der Waals surface area contributed by atoms with Crippen LogP contribution < -0.4 is 4.18 Å². The van der Waals surface area contributed by atoms with Gasteiger partial charge in [-0.1, -0.05) is 36.4 Å². The Balaban J connectivity index is 0.000000174. The van der Waals surface area contributed by atoms with Crippen molar-refractivity contribution in [2.75, 3.05) is 11.5 Å². The zero-order chi connectivity index (χ0) is 23.3. The minimum Gasteiger partial charge on any atom is -0.362 e. The zero-order valence-electron chi connectivity index (χ0n) is 17.6. The van der Waals surface area contributed by atoms with Crippen LogP contribution in [0.1, 0.15) is 16.7 Å². The van der Waals surface area contributed by atoms with E-state index in [0.29, 0.717) is 5.56 Å². The monoisotopic (exact) mass is 497 g/mol. The van der Waals surface area contributed by atoms with E-state index in [1.165, 1.54) is 46.9 Å². The summed E-state index contributed by atoms with van der Waals surface area (Å²) in [6.07, 6.45) is 4.62. The third-order valence-corrected chi connectivity index (χ3v) is 10.4. The molecule has 0 amide bonds. The van der Waals surface area contributed by atoms with Crippen molar-refractivity contribution in [1.82, 2.24) is 0 Å². The molecular formula is C25H23NO4S3. The van der Waals surface area contributed by atoms with Crippen LogP contribution in [-0.2, 0) is 10.4 Å². The lowest BCUT2D eigenvalue weighted by Gasteiger charge is -2.20. The molecule has 0 saturated carbocycles. The van der Waals surface area contributed by atoms with Gasteiger partial charge in [-0.3, -0.25) is 4.55 Å². The molecule has 3 aromatic carbocycles. The SMILES string of the molecule is C1=C[SH](CC[SH]2C=Cc3ccccc32)c2ccccc21.N#Cc1ccc(OS(=O)(=O)O)cc1. The smallest absolute Gasteiger partial charge is 0.362 e. The number of rotatable bonds is 5. The summed E-state index contributed by atoms with van der Waals surface area (Å²) in [7, 11) is -4.61. The number of nitrogens with zero attached hydrogens (tertiary/aromatic N) is 1. The first-order valence-corrected chi connectivity index (χ1v) is 14.7. The molecule has 0 aliphatic carbocycles. The Morgan fingerprint density at radius 3 is 1.73 bits per heavy atom. The molecule has 33 heavy (non-hydrogen) atoms. The quantitative estimate of drug-likeness (QED) is 0.306. The van der Waals surface area contributed by atoms with Gasteiger partial charge in [0.15, 0.2) is 0 Å². The second-order valence-electron chi connectivity index (χ2n) is 7.28. The van der Waals surface area contributed by atoms with Gasteiger partial charge in [0.1, 0.15) is 5.75 Å². The van der Waals surface area contributed by atoms with Gasteiger partial charge < -0.3 is 4.18 Å². The normalized spacial score (nSPS) is 19.6. The van der Waals surface area contributed by atoms with E-state index in [1.807, 2.05) is 6.07 Å². The molecule has 0 aromatic heterocycles. The summed E-state index contributed by atoms with van der Waals surface area (Å²) in [5.74, 6) is 2.61. The molecule has 8 heteroatoms. The van der Waals surface area contributed by atoms with E-state index in [4.69, 9.17) is 9.81 Å². The van der Waals surface area contributed by atoms with E-state index >= 15 is 0 Å². The summed E-state index contributed by atoms with van der Waals surface area (Å²) in [4.78, 5) is 3.16. The minimum absolute atomic E-state index is 0.0403. The van der Waals surface area contributed by atoms with Crippen LogP contribution >= 0.6 is 21.8 Å². The number of hydrogen-bond donors (Lipinski definition) is 3. The maximum Gasteiger partial charge on any atom is 0.446 e. The van der Waals surface area contributed by atoms with Crippen molar-refractivity contribution >= 4 is 44.3 Å². The molecule has 0 radical (unpaired) electrons. The van der Waals surface area contributed by atoms with Gasteiger partial charge in [-0.2, -0.15) is 13.7 Å². The van der Waals surface area contributed by atoms with E-state index < -0.39 is 10.4 Å². The number of benzene rings is 3. The van der Waals surface area contributed by atoms with Crippen LogP contribution in [0, 0.1) is 11.3 Å². The molecule has 2 heterocycles. The van der Waals surface area contributed by atoms with Gasteiger partial charge in [-0.15, -0.1) is 0 Å². The molecule has 0 fully saturated rings. The molecule has 2 unspecified atom stereocenters. The Hall–Kier alpha value is -2.96. The fraction of sp³-hybridized carbons (Fsp3) is 0.0800. The highest BCUT2D eigenvalue weighted by Crippen LogP contribution is 2.51. The number of nitriles is 1. The Morgan fingerprint density at radius 1 is 0.788 bits per heavy atom. The lowest BCUT2D eigenvalue weighted by atomic mass is 10.2. The molecule has 2 aliphatic rings. The molecule has 170 valence electrons. The van der Waals surface area contributed by atoms with Crippen molar-refractivity contribution in [1.29, 1.82) is 5.26 Å². The second kappa shape index (κ2) is 10.3. The molecule has 5 rings (SSSR count). The molecule has 0 bridgehead atoms. The van der Waals surface area contributed by atoms with E-state index in [1.54, 1.807) is 9.79 Å². The van der Waals surface area contributed by atoms with Crippen molar-refractivity contribution < 1.29 is 17.2 Å².